The normalized spacial score (nSPS) is 10.6. The maximum atomic E-state index is 5.71. The third kappa shape index (κ3) is 2.67. The molecule has 0 radical (unpaired) electrons. The van der Waals surface area contributed by atoms with Gasteiger partial charge in [-0.3, -0.25) is 0 Å². The average Bonchev–Trinajstić information content (AvgIpc) is 2.89. The Balaban J connectivity index is 1.97. The summed E-state index contributed by atoms with van der Waals surface area (Å²) in [6.07, 6.45) is 3.69. The van der Waals surface area contributed by atoms with Crippen molar-refractivity contribution in [2.75, 3.05) is 0 Å². The van der Waals surface area contributed by atoms with Crippen molar-refractivity contribution in [2.24, 2.45) is 0 Å². The zero-order valence-electron chi connectivity index (χ0n) is 9.66. The van der Waals surface area contributed by atoms with E-state index in [1.807, 2.05) is 30.5 Å². The van der Waals surface area contributed by atoms with Crippen molar-refractivity contribution >= 4 is 27.5 Å². The van der Waals surface area contributed by atoms with Crippen LogP contribution in [0.15, 0.2) is 53.3 Å². The molecular formula is C13H8BrClN4. The Hall–Kier alpha value is -1.72. The third-order valence-corrected chi connectivity index (χ3v) is 3.29. The number of hydrogen-bond donors (Lipinski definition) is 0. The molecule has 0 atom stereocenters. The van der Waals surface area contributed by atoms with E-state index < -0.39 is 0 Å². The molecule has 19 heavy (non-hydrogen) atoms. The molecule has 2 heterocycles. The van der Waals surface area contributed by atoms with Gasteiger partial charge in [0.15, 0.2) is 11.0 Å². The largest absolute Gasteiger partial charge is 0.220 e. The van der Waals surface area contributed by atoms with Gasteiger partial charge < -0.3 is 0 Å². The first-order valence-electron chi connectivity index (χ1n) is 5.52. The number of hydrogen-bond acceptors (Lipinski definition) is 3. The summed E-state index contributed by atoms with van der Waals surface area (Å²) in [5.74, 6) is 0.630. The first-order chi connectivity index (χ1) is 9.22. The first-order valence-corrected chi connectivity index (χ1v) is 6.70. The van der Waals surface area contributed by atoms with Gasteiger partial charge in [0.25, 0.3) is 0 Å². The van der Waals surface area contributed by atoms with E-state index in [4.69, 9.17) is 11.6 Å². The zero-order chi connectivity index (χ0) is 13.2. The van der Waals surface area contributed by atoms with Gasteiger partial charge in [-0.15, -0.1) is 10.2 Å². The highest BCUT2D eigenvalue weighted by Gasteiger charge is 2.05. The fourth-order valence-corrected chi connectivity index (χ4v) is 2.20. The van der Waals surface area contributed by atoms with E-state index in [0.717, 1.165) is 15.6 Å². The zero-order valence-corrected chi connectivity index (χ0v) is 12.0. The van der Waals surface area contributed by atoms with Gasteiger partial charge >= 0.3 is 0 Å². The molecule has 0 aliphatic rings. The molecule has 0 N–H and O–H groups in total. The topological polar surface area (TPSA) is 43.6 Å². The lowest BCUT2D eigenvalue weighted by Crippen LogP contribution is -1.98. The van der Waals surface area contributed by atoms with Crippen molar-refractivity contribution < 1.29 is 0 Å². The summed E-state index contributed by atoms with van der Waals surface area (Å²) in [7, 11) is 0. The molecule has 0 bridgehead atoms. The van der Waals surface area contributed by atoms with Crippen LogP contribution in [0.25, 0.3) is 16.9 Å². The molecule has 2 aromatic heterocycles. The van der Waals surface area contributed by atoms with Crippen LogP contribution in [-0.4, -0.2) is 20.0 Å². The van der Waals surface area contributed by atoms with Gasteiger partial charge in [-0.2, -0.15) is 5.10 Å². The van der Waals surface area contributed by atoms with E-state index >= 15 is 0 Å². The Morgan fingerprint density at radius 2 is 1.95 bits per heavy atom. The summed E-state index contributed by atoms with van der Waals surface area (Å²) in [5, 5.41) is 12.4. The van der Waals surface area contributed by atoms with Crippen LogP contribution in [0.5, 0.6) is 0 Å². The summed E-state index contributed by atoms with van der Waals surface area (Å²) in [6, 6.07) is 11.5. The van der Waals surface area contributed by atoms with Gasteiger partial charge in [-0.1, -0.05) is 39.7 Å². The van der Waals surface area contributed by atoms with Gasteiger partial charge in [0.05, 0.1) is 6.20 Å². The van der Waals surface area contributed by atoms with Gasteiger partial charge in [0.1, 0.15) is 0 Å². The molecule has 0 spiro atoms. The quantitative estimate of drug-likeness (QED) is 0.716. The van der Waals surface area contributed by atoms with Crippen LogP contribution < -0.4 is 0 Å². The van der Waals surface area contributed by atoms with Gasteiger partial charge in [0.2, 0.25) is 0 Å². The van der Waals surface area contributed by atoms with Crippen LogP contribution in [-0.2, 0) is 0 Å². The Kier molecular flexibility index (Phi) is 3.31. The highest BCUT2D eigenvalue weighted by atomic mass is 79.9. The summed E-state index contributed by atoms with van der Waals surface area (Å²) >= 11 is 9.16. The average molecular weight is 336 g/mol. The van der Waals surface area contributed by atoms with E-state index in [-0.39, 0.29) is 0 Å². The van der Waals surface area contributed by atoms with Crippen molar-refractivity contribution in [3.8, 4) is 16.9 Å². The molecule has 94 valence electrons. The SMILES string of the molecule is Clc1ccc(-n2cc(-c3cccc(Br)c3)cn2)nn1. The molecule has 0 saturated carbocycles. The van der Waals surface area contributed by atoms with E-state index in [2.05, 4.69) is 31.2 Å². The molecule has 0 unspecified atom stereocenters. The van der Waals surface area contributed by atoms with Crippen LogP contribution in [0, 0.1) is 0 Å². The molecule has 1 aromatic carbocycles. The maximum Gasteiger partial charge on any atom is 0.175 e. The lowest BCUT2D eigenvalue weighted by Gasteiger charge is -1.99. The van der Waals surface area contributed by atoms with E-state index in [1.165, 1.54) is 0 Å². The van der Waals surface area contributed by atoms with Crippen LogP contribution in [0.1, 0.15) is 0 Å². The summed E-state index contributed by atoms with van der Waals surface area (Å²) in [5.41, 5.74) is 2.10. The number of rotatable bonds is 2. The number of nitrogens with zero attached hydrogens (tertiary/aromatic N) is 4. The monoisotopic (exact) mass is 334 g/mol. The highest BCUT2D eigenvalue weighted by Crippen LogP contribution is 2.23. The minimum atomic E-state index is 0.364. The molecule has 3 aromatic rings. The minimum Gasteiger partial charge on any atom is -0.220 e. The van der Waals surface area contributed by atoms with Crippen LogP contribution in [0.3, 0.4) is 0 Å². The Morgan fingerprint density at radius 3 is 2.68 bits per heavy atom. The Labute approximate surface area is 123 Å². The first kappa shape index (κ1) is 12.3. The predicted octanol–water partition coefficient (Wildman–Crippen LogP) is 3.75. The fraction of sp³-hybridized carbons (Fsp3) is 0. The van der Waals surface area contributed by atoms with Crippen LogP contribution in [0.4, 0.5) is 0 Å². The molecule has 3 rings (SSSR count). The summed E-state index contributed by atoms with van der Waals surface area (Å²) < 4.78 is 2.70. The number of benzene rings is 1. The predicted molar refractivity (Wildman–Crippen MR) is 77.3 cm³/mol. The number of halogens is 2. The van der Waals surface area contributed by atoms with Crippen LogP contribution in [0.2, 0.25) is 5.15 Å². The Morgan fingerprint density at radius 1 is 1.05 bits per heavy atom. The number of aromatic nitrogens is 4. The standard InChI is InChI=1S/C13H8BrClN4/c14-11-3-1-2-9(6-11)10-7-16-19(8-10)13-5-4-12(15)17-18-13/h1-8H. The molecule has 0 saturated heterocycles. The van der Waals surface area contributed by atoms with E-state index in [0.29, 0.717) is 11.0 Å². The molecule has 0 amide bonds. The molecule has 0 aliphatic carbocycles. The molecule has 6 heteroatoms. The second kappa shape index (κ2) is 5.11. The van der Waals surface area contributed by atoms with Gasteiger partial charge in [0, 0.05) is 16.2 Å². The second-order valence-electron chi connectivity index (χ2n) is 3.90. The van der Waals surface area contributed by atoms with E-state index in [1.54, 1.807) is 23.0 Å². The lowest BCUT2D eigenvalue weighted by molar-refractivity contribution is 0.814. The van der Waals surface area contributed by atoms with Crippen molar-refractivity contribution in [3.63, 3.8) is 0 Å². The van der Waals surface area contributed by atoms with Crippen molar-refractivity contribution in [1.82, 2.24) is 20.0 Å². The smallest absolute Gasteiger partial charge is 0.175 e. The molecule has 4 nitrogen and oxygen atoms in total. The fourth-order valence-electron chi connectivity index (χ4n) is 1.70. The van der Waals surface area contributed by atoms with Crippen molar-refractivity contribution in [1.29, 1.82) is 0 Å². The summed E-state index contributed by atoms with van der Waals surface area (Å²) in [6.45, 7) is 0. The Bertz CT molecular complexity index is 709. The van der Waals surface area contributed by atoms with Crippen molar-refractivity contribution in [3.05, 3.63) is 58.4 Å². The van der Waals surface area contributed by atoms with E-state index in [9.17, 15) is 0 Å². The molecular weight excluding hydrogens is 328 g/mol. The van der Waals surface area contributed by atoms with Crippen LogP contribution >= 0.6 is 27.5 Å². The summed E-state index contributed by atoms with van der Waals surface area (Å²) in [4.78, 5) is 0. The minimum absolute atomic E-state index is 0.364. The van der Waals surface area contributed by atoms with Gasteiger partial charge in [-0.05, 0) is 29.8 Å². The molecule has 0 aliphatic heterocycles. The lowest BCUT2D eigenvalue weighted by atomic mass is 10.1. The second-order valence-corrected chi connectivity index (χ2v) is 5.20. The third-order valence-electron chi connectivity index (χ3n) is 2.59. The molecule has 0 fully saturated rings. The van der Waals surface area contributed by atoms with Crippen molar-refractivity contribution in [2.45, 2.75) is 0 Å². The maximum absolute atomic E-state index is 5.71. The highest BCUT2D eigenvalue weighted by molar-refractivity contribution is 9.10. The van der Waals surface area contributed by atoms with Gasteiger partial charge in [-0.25, -0.2) is 4.68 Å².